The number of alkyl halides is 2. The summed E-state index contributed by atoms with van der Waals surface area (Å²) in [7, 11) is 2.64. The van der Waals surface area contributed by atoms with Crippen LogP contribution in [-0.4, -0.2) is 32.2 Å². The highest BCUT2D eigenvalue weighted by atomic mass is 32.1. The SMILES string of the molecule is COc1cc(/C=N\NC(=S)NCc2ccc(F)cc2)cc(OC)c1OC(F)F. The van der Waals surface area contributed by atoms with E-state index in [-0.39, 0.29) is 28.2 Å². The van der Waals surface area contributed by atoms with Gasteiger partial charge in [-0.25, -0.2) is 4.39 Å². The topological polar surface area (TPSA) is 64.1 Å². The van der Waals surface area contributed by atoms with Crippen LogP contribution < -0.4 is 25.0 Å². The molecule has 0 aliphatic rings. The van der Waals surface area contributed by atoms with Crippen LogP contribution >= 0.6 is 12.2 Å². The number of ether oxygens (including phenoxy) is 3. The molecule has 0 saturated heterocycles. The van der Waals surface area contributed by atoms with Gasteiger partial charge in [0.25, 0.3) is 0 Å². The maximum Gasteiger partial charge on any atom is 0.387 e. The number of hydrogen-bond donors (Lipinski definition) is 2. The molecule has 10 heteroatoms. The minimum atomic E-state index is -3.02. The van der Waals surface area contributed by atoms with Crippen molar-refractivity contribution in [3.05, 3.63) is 53.3 Å². The van der Waals surface area contributed by atoms with Crippen molar-refractivity contribution in [1.29, 1.82) is 0 Å². The second-order valence-corrected chi connectivity index (χ2v) is 5.72. The Labute approximate surface area is 165 Å². The summed E-state index contributed by atoms with van der Waals surface area (Å²) in [6, 6.07) is 8.90. The number of benzene rings is 2. The van der Waals surface area contributed by atoms with Crippen molar-refractivity contribution in [3.63, 3.8) is 0 Å². The molecule has 0 fully saturated rings. The van der Waals surface area contributed by atoms with Crippen LogP contribution in [0.3, 0.4) is 0 Å². The number of rotatable bonds is 8. The monoisotopic (exact) mass is 413 g/mol. The Morgan fingerprint density at radius 3 is 2.29 bits per heavy atom. The largest absolute Gasteiger partial charge is 0.493 e. The average Bonchev–Trinajstić information content (AvgIpc) is 2.67. The van der Waals surface area contributed by atoms with E-state index in [0.29, 0.717) is 12.1 Å². The Hall–Kier alpha value is -3.01. The highest BCUT2D eigenvalue weighted by molar-refractivity contribution is 7.80. The number of nitrogens with one attached hydrogen (secondary N) is 2. The van der Waals surface area contributed by atoms with Gasteiger partial charge in [0.05, 0.1) is 20.4 Å². The number of hydrogen-bond acceptors (Lipinski definition) is 5. The molecule has 0 heterocycles. The Morgan fingerprint density at radius 2 is 1.75 bits per heavy atom. The van der Waals surface area contributed by atoms with Crippen LogP contribution in [0.1, 0.15) is 11.1 Å². The van der Waals surface area contributed by atoms with E-state index in [1.807, 2.05) is 0 Å². The van der Waals surface area contributed by atoms with Crippen LogP contribution in [0.25, 0.3) is 0 Å². The van der Waals surface area contributed by atoms with Gasteiger partial charge in [-0.2, -0.15) is 13.9 Å². The lowest BCUT2D eigenvalue weighted by Gasteiger charge is -2.14. The van der Waals surface area contributed by atoms with Crippen molar-refractivity contribution in [2.45, 2.75) is 13.2 Å². The smallest absolute Gasteiger partial charge is 0.387 e. The standard InChI is InChI=1S/C18H18F3N3O3S/c1-25-14-7-12(8-15(26-2)16(14)27-17(20)21)10-23-24-18(28)22-9-11-3-5-13(19)6-4-11/h3-8,10,17H,9H2,1-2H3,(H2,22,24,28)/b23-10-. The van der Waals surface area contributed by atoms with E-state index in [9.17, 15) is 13.2 Å². The molecule has 2 aromatic rings. The van der Waals surface area contributed by atoms with E-state index < -0.39 is 6.61 Å². The first-order valence-electron chi connectivity index (χ1n) is 7.95. The summed E-state index contributed by atoms with van der Waals surface area (Å²) in [5, 5.41) is 7.13. The molecule has 6 nitrogen and oxygen atoms in total. The summed E-state index contributed by atoms with van der Waals surface area (Å²) < 4.78 is 52.5. The number of nitrogens with zero attached hydrogens (tertiary/aromatic N) is 1. The molecule has 0 aliphatic heterocycles. The van der Waals surface area contributed by atoms with Gasteiger partial charge in [-0.3, -0.25) is 5.43 Å². The van der Waals surface area contributed by atoms with Gasteiger partial charge in [0.2, 0.25) is 5.75 Å². The van der Waals surface area contributed by atoms with Gasteiger partial charge in [0, 0.05) is 12.1 Å². The molecule has 0 amide bonds. The van der Waals surface area contributed by atoms with Crippen LogP contribution in [0.4, 0.5) is 13.2 Å². The van der Waals surface area contributed by atoms with Crippen molar-refractivity contribution < 1.29 is 27.4 Å². The van der Waals surface area contributed by atoms with Gasteiger partial charge in [-0.15, -0.1) is 0 Å². The van der Waals surface area contributed by atoms with E-state index in [1.54, 1.807) is 12.1 Å². The lowest BCUT2D eigenvalue weighted by Crippen LogP contribution is -2.31. The van der Waals surface area contributed by atoms with Gasteiger partial charge in [-0.05, 0) is 42.0 Å². The third-order valence-electron chi connectivity index (χ3n) is 3.44. The molecular weight excluding hydrogens is 395 g/mol. The van der Waals surface area contributed by atoms with E-state index in [4.69, 9.17) is 21.7 Å². The predicted octanol–water partition coefficient (Wildman–Crippen LogP) is 3.44. The summed E-state index contributed by atoms with van der Waals surface area (Å²) >= 11 is 5.10. The van der Waals surface area contributed by atoms with Crippen LogP contribution in [0.15, 0.2) is 41.5 Å². The predicted molar refractivity (Wildman–Crippen MR) is 103 cm³/mol. The van der Waals surface area contributed by atoms with Gasteiger partial charge in [0.15, 0.2) is 16.6 Å². The van der Waals surface area contributed by atoms with E-state index in [0.717, 1.165) is 5.56 Å². The molecule has 0 spiro atoms. The Morgan fingerprint density at radius 1 is 1.14 bits per heavy atom. The highest BCUT2D eigenvalue weighted by Gasteiger charge is 2.17. The fourth-order valence-corrected chi connectivity index (χ4v) is 2.29. The number of thiocarbonyl (C=S) groups is 1. The second-order valence-electron chi connectivity index (χ2n) is 5.31. The third kappa shape index (κ3) is 6.31. The minimum Gasteiger partial charge on any atom is -0.493 e. The maximum atomic E-state index is 12.9. The first-order valence-corrected chi connectivity index (χ1v) is 8.36. The fraction of sp³-hybridized carbons (Fsp3) is 0.222. The van der Waals surface area contributed by atoms with E-state index >= 15 is 0 Å². The van der Waals surface area contributed by atoms with Crippen LogP contribution in [-0.2, 0) is 6.54 Å². The molecule has 0 saturated carbocycles. The molecule has 2 aromatic carbocycles. The van der Waals surface area contributed by atoms with E-state index in [2.05, 4.69) is 20.6 Å². The molecule has 150 valence electrons. The minimum absolute atomic E-state index is 0.0677. The average molecular weight is 413 g/mol. The van der Waals surface area contributed by atoms with Gasteiger partial charge in [0.1, 0.15) is 5.82 Å². The Bertz CT molecular complexity index is 808. The van der Waals surface area contributed by atoms with Crippen molar-refractivity contribution in [2.75, 3.05) is 14.2 Å². The van der Waals surface area contributed by atoms with Crippen molar-refractivity contribution in [3.8, 4) is 17.2 Å². The quantitative estimate of drug-likeness (QED) is 0.393. The molecule has 0 radical (unpaired) electrons. The fourth-order valence-electron chi connectivity index (χ4n) is 2.17. The summed E-state index contributed by atoms with van der Waals surface area (Å²) in [4.78, 5) is 0. The molecule has 28 heavy (non-hydrogen) atoms. The van der Waals surface area contributed by atoms with Crippen LogP contribution in [0.2, 0.25) is 0 Å². The molecule has 2 N–H and O–H groups in total. The van der Waals surface area contributed by atoms with Crippen molar-refractivity contribution >= 4 is 23.5 Å². The van der Waals surface area contributed by atoms with Crippen LogP contribution in [0, 0.1) is 5.82 Å². The van der Waals surface area contributed by atoms with E-state index in [1.165, 1.54) is 44.7 Å². The first-order chi connectivity index (χ1) is 13.4. The molecular formula is C18H18F3N3O3S. The zero-order chi connectivity index (χ0) is 20.5. The first kappa shape index (κ1) is 21.3. The van der Waals surface area contributed by atoms with Crippen LogP contribution in [0.5, 0.6) is 17.2 Å². The highest BCUT2D eigenvalue weighted by Crippen LogP contribution is 2.39. The number of methoxy groups -OCH3 is 2. The summed E-state index contributed by atoms with van der Waals surface area (Å²) in [5.41, 5.74) is 3.97. The van der Waals surface area contributed by atoms with Gasteiger partial charge < -0.3 is 19.5 Å². The molecule has 0 aliphatic carbocycles. The normalized spacial score (nSPS) is 10.8. The molecule has 0 unspecified atom stereocenters. The number of hydrazone groups is 1. The second kappa shape index (κ2) is 10.4. The summed E-state index contributed by atoms with van der Waals surface area (Å²) in [5.74, 6) is -0.386. The lowest BCUT2D eigenvalue weighted by molar-refractivity contribution is -0.0526. The number of halogens is 3. The lowest BCUT2D eigenvalue weighted by atomic mass is 10.2. The summed E-state index contributed by atoms with van der Waals surface area (Å²) in [6.45, 7) is -2.63. The zero-order valence-corrected chi connectivity index (χ0v) is 15.9. The maximum absolute atomic E-state index is 12.9. The van der Waals surface area contributed by atoms with Gasteiger partial charge >= 0.3 is 6.61 Å². The molecule has 2 rings (SSSR count). The Kier molecular flexibility index (Phi) is 7.88. The molecule has 0 bridgehead atoms. The molecule has 0 aromatic heterocycles. The third-order valence-corrected chi connectivity index (χ3v) is 3.67. The zero-order valence-electron chi connectivity index (χ0n) is 15.0. The van der Waals surface area contributed by atoms with Crippen molar-refractivity contribution in [1.82, 2.24) is 10.7 Å². The molecule has 0 atom stereocenters. The summed E-state index contributed by atoms with van der Waals surface area (Å²) in [6.07, 6.45) is 1.41. The van der Waals surface area contributed by atoms with Gasteiger partial charge in [-0.1, -0.05) is 12.1 Å². The van der Waals surface area contributed by atoms with Crippen molar-refractivity contribution in [2.24, 2.45) is 5.10 Å². The Balaban J connectivity index is 1.98.